The van der Waals surface area contributed by atoms with E-state index in [2.05, 4.69) is 25.9 Å². The number of nitrogens with one attached hydrogen (secondary N) is 4. The second-order valence-electron chi connectivity index (χ2n) is 8.30. The number of imidazole rings is 1. The molecule has 0 saturated carbocycles. The number of hydrogen-bond donors (Lipinski definition) is 8. The number of carbonyl (C=O) groups excluding carboxylic acids is 3. The largest absolute Gasteiger partial charge is 0.481 e. The number of aliphatic hydroxyl groups is 1. The molecule has 0 aromatic carbocycles. The predicted octanol–water partition coefficient (Wildman–Crippen LogP) is -2.28. The molecular weight excluding hydrogens is 452 g/mol. The van der Waals surface area contributed by atoms with E-state index in [0.29, 0.717) is 5.69 Å². The first-order valence-electron chi connectivity index (χ1n) is 10.6. The smallest absolute Gasteiger partial charge is 0.326 e. The van der Waals surface area contributed by atoms with E-state index >= 15 is 0 Å². The van der Waals surface area contributed by atoms with Gasteiger partial charge in [0.15, 0.2) is 0 Å². The lowest BCUT2D eigenvalue weighted by Crippen LogP contribution is -2.60. The fourth-order valence-corrected chi connectivity index (χ4v) is 3.00. The Bertz CT molecular complexity index is 857. The molecule has 0 aliphatic carbocycles. The van der Waals surface area contributed by atoms with Crippen molar-refractivity contribution < 1.29 is 39.3 Å². The number of hydrogen-bond acceptors (Lipinski definition) is 8. The van der Waals surface area contributed by atoms with Crippen molar-refractivity contribution in [2.24, 2.45) is 11.7 Å². The number of aliphatic hydroxyl groups excluding tert-OH is 1. The topological polar surface area (TPSA) is 237 Å². The van der Waals surface area contributed by atoms with Crippen molar-refractivity contribution in [2.45, 2.75) is 70.3 Å². The maximum absolute atomic E-state index is 12.7. The Morgan fingerprint density at radius 3 is 2.09 bits per heavy atom. The van der Waals surface area contributed by atoms with Crippen LogP contribution in [0.15, 0.2) is 12.5 Å². The second-order valence-corrected chi connectivity index (χ2v) is 8.30. The first-order chi connectivity index (χ1) is 15.8. The third kappa shape index (κ3) is 9.54. The van der Waals surface area contributed by atoms with E-state index in [0.717, 1.165) is 0 Å². The van der Waals surface area contributed by atoms with Crippen molar-refractivity contribution in [1.82, 2.24) is 25.9 Å². The van der Waals surface area contributed by atoms with Crippen LogP contribution in [-0.2, 0) is 30.4 Å². The van der Waals surface area contributed by atoms with Crippen molar-refractivity contribution in [2.75, 3.05) is 0 Å². The van der Waals surface area contributed by atoms with Gasteiger partial charge in [-0.05, 0) is 19.3 Å². The van der Waals surface area contributed by atoms with Crippen LogP contribution in [-0.4, -0.2) is 85.2 Å². The van der Waals surface area contributed by atoms with E-state index < -0.39 is 66.4 Å². The lowest BCUT2D eigenvalue weighted by molar-refractivity contribution is -0.144. The Morgan fingerprint density at radius 2 is 1.62 bits per heavy atom. The van der Waals surface area contributed by atoms with Gasteiger partial charge in [-0.15, -0.1) is 0 Å². The number of aliphatic carboxylic acids is 2. The van der Waals surface area contributed by atoms with Gasteiger partial charge >= 0.3 is 11.9 Å². The third-order valence-corrected chi connectivity index (χ3v) is 4.73. The molecule has 0 bridgehead atoms. The van der Waals surface area contributed by atoms with Crippen LogP contribution in [0.2, 0.25) is 0 Å². The van der Waals surface area contributed by atoms with Gasteiger partial charge in [0.05, 0.1) is 24.9 Å². The monoisotopic (exact) mass is 484 g/mol. The van der Waals surface area contributed by atoms with Crippen LogP contribution < -0.4 is 21.7 Å². The molecule has 0 aliphatic heterocycles. The fraction of sp³-hybridized carbons (Fsp3) is 0.600. The molecule has 0 fully saturated rings. The van der Waals surface area contributed by atoms with Gasteiger partial charge < -0.3 is 42.0 Å². The number of carboxylic acid groups (broad SMARTS) is 2. The van der Waals surface area contributed by atoms with E-state index in [1.807, 2.05) is 0 Å². The van der Waals surface area contributed by atoms with Gasteiger partial charge in [0.1, 0.15) is 18.1 Å². The number of amides is 3. The highest BCUT2D eigenvalue weighted by molar-refractivity contribution is 5.95. The average Bonchev–Trinajstić information content (AvgIpc) is 3.22. The van der Waals surface area contributed by atoms with Gasteiger partial charge in [0.25, 0.3) is 0 Å². The molecule has 14 nitrogen and oxygen atoms in total. The lowest BCUT2D eigenvalue weighted by Gasteiger charge is -2.26. The first-order valence-corrected chi connectivity index (χ1v) is 10.6. The Balaban J connectivity index is 2.91. The zero-order valence-electron chi connectivity index (χ0n) is 19.1. The minimum atomic E-state index is -1.61. The third-order valence-electron chi connectivity index (χ3n) is 4.73. The zero-order chi connectivity index (χ0) is 26.0. The van der Waals surface area contributed by atoms with E-state index in [1.54, 1.807) is 13.8 Å². The lowest BCUT2D eigenvalue weighted by atomic mass is 10.0. The maximum Gasteiger partial charge on any atom is 0.326 e. The Hall–Kier alpha value is -3.52. The Labute approximate surface area is 195 Å². The highest BCUT2D eigenvalue weighted by atomic mass is 16.4. The standard InChI is InChI=1S/C20H32N6O8/c1-9(2)4-14(20(33)34)25-19(32)16(10(3)27)26-18(31)13(6-15(28)29)24-17(30)12(21)5-11-7-22-8-23-11/h7-10,12-14,16,27H,4-6,21H2,1-3H3,(H,22,23)(H,24,30)(H,25,32)(H,26,31)(H,28,29)(H,33,34). The summed E-state index contributed by atoms with van der Waals surface area (Å²) in [6.45, 7) is 4.70. The summed E-state index contributed by atoms with van der Waals surface area (Å²) in [5.74, 6) is -5.64. The number of nitrogens with two attached hydrogens (primary N) is 1. The van der Waals surface area contributed by atoms with Gasteiger partial charge in [-0.25, -0.2) is 9.78 Å². The quantitative estimate of drug-likeness (QED) is 0.141. The van der Waals surface area contributed by atoms with Crippen LogP contribution in [0.5, 0.6) is 0 Å². The molecule has 0 radical (unpaired) electrons. The number of carbonyl (C=O) groups is 5. The van der Waals surface area contributed by atoms with Crippen molar-refractivity contribution in [3.05, 3.63) is 18.2 Å². The average molecular weight is 485 g/mol. The molecule has 9 N–H and O–H groups in total. The van der Waals surface area contributed by atoms with Crippen LogP contribution in [0.3, 0.4) is 0 Å². The summed E-state index contributed by atoms with van der Waals surface area (Å²) in [5.41, 5.74) is 6.35. The SMILES string of the molecule is CC(C)CC(NC(=O)C(NC(=O)C(CC(=O)O)NC(=O)C(N)Cc1cnc[nH]1)C(C)O)C(=O)O. The number of nitrogens with zero attached hydrogens (tertiary/aromatic N) is 1. The van der Waals surface area contributed by atoms with Gasteiger partial charge in [0, 0.05) is 18.3 Å². The predicted molar refractivity (Wildman–Crippen MR) is 117 cm³/mol. The molecule has 5 atom stereocenters. The first kappa shape index (κ1) is 28.5. The summed E-state index contributed by atoms with van der Waals surface area (Å²) in [7, 11) is 0. The molecule has 5 unspecified atom stereocenters. The van der Waals surface area contributed by atoms with E-state index in [4.69, 9.17) is 10.8 Å². The fourth-order valence-electron chi connectivity index (χ4n) is 3.00. The molecule has 190 valence electrons. The highest BCUT2D eigenvalue weighted by Crippen LogP contribution is 2.07. The molecule has 34 heavy (non-hydrogen) atoms. The number of carboxylic acids is 2. The minimum absolute atomic E-state index is 0.0401. The van der Waals surface area contributed by atoms with Crippen LogP contribution >= 0.6 is 0 Å². The molecule has 0 spiro atoms. The van der Waals surface area contributed by atoms with E-state index in [9.17, 15) is 34.2 Å². The van der Waals surface area contributed by atoms with Gasteiger partial charge in [-0.2, -0.15) is 0 Å². The van der Waals surface area contributed by atoms with Crippen molar-refractivity contribution in [1.29, 1.82) is 0 Å². The molecule has 1 rings (SSSR count). The summed E-state index contributed by atoms with van der Waals surface area (Å²) in [5, 5.41) is 35.1. The number of aromatic amines is 1. The van der Waals surface area contributed by atoms with Crippen molar-refractivity contribution in [3.8, 4) is 0 Å². The van der Waals surface area contributed by atoms with Gasteiger partial charge in [-0.1, -0.05) is 13.8 Å². The number of aromatic nitrogens is 2. The van der Waals surface area contributed by atoms with E-state index in [1.165, 1.54) is 19.4 Å². The van der Waals surface area contributed by atoms with E-state index in [-0.39, 0.29) is 18.8 Å². The molecule has 3 amide bonds. The normalized spacial score (nSPS) is 15.5. The summed E-state index contributed by atoms with van der Waals surface area (Å²) < 4.78 is 0. The van der Waals surface area contributed by atoms with Gasteiger partial charge in [0.2, 0.25) is 17.7 Å². The Kier molecular flexibility index (Phi) is 11.1. The van der Waals surface area contributed by atoms with Crippen LogP contribution in [0.1, 0.15) is 39.3 Å². The molecule has 1 aromatic heterocycles. The zero-order valence-corrected chi connectivity index (χ0v) is 19.1. The summed E-state index contributed by atoms with van der Waals surface area (Å²) in [6.07, 6.45) is 0.697. The highest BCUT2D eigenvalue weighted by Gasteiger charge is 2.33. The molecule has 1 aromatic rings. The van der Waals surface area contributed by atoms with Crippen LogP contribution in [0, 0.1) is 5.92 Å². The molecule has 0 saturated heterocycles. The molecule has 1 heterocycles. The maximum atomic E-state index is 12.7. The van der Waals surface area contributed by atoms with Crippen molar-refractivity contribution in [3.63, 3.8) is 0 Å². The second kappa shape index (κ2) is 13.3. The number of H-pyrrole nitrogens is 1. The summed E-state index contributed by atoms with van der Waals surface area (Å²) in [6, 6.07) is -5.61. The molecular formula is C20H32N6O8. The Morgan fingerprint density at radius 1 is 1.00 bits per heavy atom. The van der Waals surface area contributed by atoms with Crippen LogP contribution in [0.4, 0.5) is 0 Å². The van der Waals surface area contributed by atoms with Crippen molar-refractivity contribution >= 4 is 29.7 Å². The molecule has 0 aliphatic rings. The van der Waals surface area contributed by atoms with Gasteiger partial charge in [-0.3, -0.25) is 19.2 Å². The summed E-state index contributed by atoms with van der Waals surface area (Å²) in [4.78, 5) is 66.9. The van der Waals surface area contributed by atoms with Crippen LogP contribution in [0.25, 0.3) is 0 Å². The molecule has 14 heteroatoms. The number of rotatable bonds is 14. The minimum Gasteiger partial charge on any atom is -0.481 e. The summed E-state index contributed by atoms with van der Waals surface area (Å²) >= 11 is 0.